The first-order valence-electron chi connectivity index (χ1n) is 11.1. The summed E-state index contributed by atoms with van der Waals surface area (Å²) in [6, 6.07) is 12.9. The van der Waals surface area contributed by atoms with Crippen LogP contribution >= 0.6 is 0 Å². The fourth-order valence-corrected chi connectivity index (χ4v) is 4.64. The van der Waals surface area contributed by atoms with Gasteiger partial charge < -0.3 is 9.47 Å². The van der Waals surface area contributed by atoms with Gasteiger partial charge in [0.25, 0.3) is 0 Å². The monoisotopic (exact) mass is 412 g/mol. The van der Waals surface area contributed by atoms with Gasteiger partial charge in [0.05, 0.1) is 11.0 Å². The van der Waals surface area contributed by atoms with Crippen molar-refractivity contribution in [3.05, 3.63) is 65.9 Å². The van der Waals surface area contributed by atoms with Crippen molar-refractivity contribution < 1.29 is 0 Å². The molecule has 158 valence electrons. The van der Waals surface area contributed by atoms with Crippen LogP contribution < -0.4 is 4.90 Å². The lowest BCUT2D eigenvalue weighted by molar-refractivity contribution is 0.393. The van der Waals surface area contributed by atoms with Crippen LogP contribution in [0.15, 0.2) is 48.8 Å². The average Bonchev–Trinajstić information content (AvgIpc) is 3.20. The summed E-state index contributed by atoms with van der Waals surface area (Å²) in [5.41, 5.74) is 5.57. The van der Waals surface area contributed by atoms with Crippen LogP contribution in [0.2, 0.25) is 0 Å². The van der Waals surface area contributed by atoms with Gasteiger partial charge in [-0.2, -0.15) is 0 Å². The minimum absolute atomic E-state index is 0.474. The van der Waals surface area contributed by atoms with Crippen LogP contribution in [0.3, 0.4) is 0 Å². The largest absolute Gasteiger partial charge is 0.356 e. The molecule has 4 heterocycles. The number of imidazole rings is 1. The van der Waals surface area contributed by atoms with Crippen molar-refractivity contribution in [3.63, 3.8) is 0 Å². The minimum atomic E-state index is 0.474. The van der Waals surface area contributed by atoms with E-state index >= 15 is 0 Å². The highest BCUT2D eigenvalue weighted by atomic mass is 15.2. The van der Waals surface area contributed by atoms with E-state index in [0.717, 1.165) is 60.8 Å². The predicted molar refractivity (Wildman–Crippen MR) is 124 cm³/mol. The lowest BCUT2D eigenvalue weighted by Gasteiger charge is -2.35. The molecule has 0 aliphatic carbocycles. The number of hydrogen-bond acceptors (Lipinski definition) is 5. The number of pyridine rings is 1. The van der Waals surface area contributed by atoms with Gasteiger partial charge in [0.1, 0.15) is 11.6 Å². The summed E-state index contributed by atoms with van der Waals surface area (Å²) in [6.07, 6.45) is 6.70. The Morgan fingerprint density at radius 1 is 0.935 bits per heavy atom. The summed E-state index contributed by atoms with van der Waals surface area (Å²) < 4.78 is 2.48. The molecule has 6 heteroatoms. The molecular weight excluding hydrogens is 384 g/mol. The summed E-state index contributed by atoms with van der Waals surface area (Å²) in [4.78, 5) is 21.1. The van der Waals surface area contributed by atoms with Crippen LogP contribution in [-0.4, -0.2) is 37.6 Å². The molecular formula is C25H28N6. The fraction of sp³-hybridized carbons (Fsp3) is 0.360. The Labute approximate surface area is 183 Å². The molecule has 0 amide bonds. The van der Waals surface area contributed by atoms with Gasteiger partial charge in [0.15, 0.2) is 5.82 Å². The van der Waals surface area contributed by atoms with Crippen LogP contribution in [0.25, 0.3) is 22.4 Å². The summed E-state index contributed by atoms with van der Waals surface area (Å²) in [5.74, 6) is 3.02. The number of piperidine rings is 1. The second-order valence-corrected chi connectivity index (χ2v) is 8.28. The number of aryl methyl sites for hydroxylation is 2. The van der Waals surface area contributed by atoms with Crippen molar-refractivity contribution in [2.45, 2.75) is 46.1 Å². The third-order valence-electron chi connectivity index (χ3n) is 6.42. The third-order valence-corrected chi connectivity index (χ3v) is 6.42. The summed E-state index contributed by atoms with van der Waals surface area (Å²) in [6.45, 7) is 8.36. The van der Waals surface area contributed by atoms with E-state index < -0.39 is 0 Å². The van der Waals surface area contributed by atoms with Gasteiger partial charge in [0.2, 0.25) is 0 Å². The first-order chi connectivity index (χ1) is 15.2. The molecule has 4 aromatic rings. The molecule has 31 heavy (non-hydrogen) atoms. The molecule has 3 aromatic heterocycles. The first kappa shape index (κ1) is 19.7. The van der Waals surface area contributed by atoms with Gasteiger partial charge in [-0.1, -0.05) is 19.1 Å². The molecule has 5 rings (SSSR count). The Balaban J connectivity index is 1.42. The van der Waals surface area contributed by atoms with Gasteiger partial charge in [0, 0.05) is 54.8 Å². The smallest absolute Gasteiger partial charge is 0.161 e. The van der Waals surface area contributed by atoms with E-state index in [9.17, 15) is 0 Å². The van der Waals surface area contributed by atoms with Crippen LogP contribution in [0, 0.1) is 13.8 Å². The number of fused-ring (bicyclic) bond motifs is 1. The second-order valence-electron chi connectivity index (χ2n) is 8.28. The van der Waals surface area contributed by atoms with E-state index in [2.05, 4.69) is 59.5 Å². The van der Waals surface area contributed by atoms with Crippen LogP contribution in [0.4, 0.5) is 5.82 Å². The van der Waals surface area contributed by atoms with Crippen LogP contribution in [0.1, 0.15) is 42.9 Å². The molecule has 0 N–H and O–H groups in total. The average molecular weight is 413 g/mol. The van der Waals surface area contributed by atoms with Crippen LogP contribution in [-0.2, 0) is 6.42 Å². The minimum Gasteiger partial charge on any atom is -0.356 e. The van der Waals surface area contributed by atoms with Crippen molar-refractivity contribution >= 4 is 16.9 Å². The zero-order valence-electron chi connectivity index (χ0n) is 18.4. The molecule has 1 aliphatic heterocycles. The Hall–Kier alpha value is -3.28. The highest BCUT2D eigenvalue weighted by Gasteiger charge is 2.26. The van der Waals surface area contributed by atoms with E-state index in [-0.39, 0.29) is 0 Å². The van der Waals surface area contributed by atoms with Gasteiger partial charge in [-0.15, -0.1) is 0 Å². The number of rotatable bonds is 4. The molecule has 0 unspecified atom stereocenters. The normalized spacial score (nSPS) is 15.0. The number of nitrogens with zero attached hydrogens (tertiary/aromatic N) is 6. The highest BCUT2D eigenvalue weighted by Crippen LogP contribution is 2.32. The number of hydrogen-bond donors (Lipinski definition) is 0. The fourth-order valence-electron chi connectivity index (χ4n) is 4.64. The molecule has 0 radical (unpaired) electrons. The van der Waals surface area contributed by atoms with Crippen molar-refractivity contribution in [2.24, 2.45) is 0 Å². The van der Waals surface area contributed by atoms with Gasteiger partial charge in [-0.3, -0.25) is 4.98 Å². The molecule has 6 nitrogen and oxygen atoms in total. The topological polar surface area (TPSA) is 59.7 Å². The Morgan fingerprint density at radius 3 is 2.42 bits per heavy atom. The first-order valence-corrected chi connectivity index (χ1v) is 11.1. The van der Waals surface area contributed by atoms with E-state index in [1.54, 1.807) is 12.4 Å². The van der Waals surface area contributed by atoms with Gasteiger partial charge in [-0.05, 0) is 51.0 Å². The van der Waals surface area contributed by atoms with Crippen molar-refractivity contribution in [1.29, 1.82) is 0 Å². The van der Waals surface area contributed by atoms with E-state index in [0.29, 0.717) is 6.04 Å². The number of anilines is 1. The van der Waals surface area contributed by atoms with Crippen molar-refractivity contribution in [2.75, 3.05) is 18.0 Å². The highest BCUT2D eigenvalue weighted by molar-refractivity contribution is 5.76. The molecule has 0 bridgehead atoms. The Morgan fingerprint density at radius 2 is 1.68 bits per heavy atom. The van der Waals surface area contributed by atoms with E-state index in [1.165, 1.54) is 16.9 Å². The lowest BCUT2D eigenvalue weighted by atomic mass is 10.0. The van der Waals surface area contributed by atoms with Crippen molar-refractivity contribution in [1.82, 2.24) is 24.5 Å². The number of para-hydroxylation sites is 2. The van der Waals surface area contributed by atoms with E-state index in [4.69, 9.17) is 15.0 Å². The quantitative estimate of drug-likeness (QED) is 0.477. The third kappa shape index (κ3) is 3.56. The van der Waals surface area contributed by atoms with Gasteiger partial charge in [-0.25, -0.2) is 15.0 Å². The number of aromatic nitrogens is 5. The molecule has 1 saturated heterocycles. The summed E-state index contributed by atoms with van der Waals surface area (Å²) in [5, 5.41) is 0. The molecule has 0 spiro atoms. The molecule has 1 aromatic carbocycles. The zero-order chi connectivity index (χ0) is 21.4. The zero-order valence-corrected chi connectivity index (χ0v) is 18.4. The lowest BCUT2D eigenvalue weighted by Crippen LogP contribution is -2.36. The predicted octanol–water partition coefficient (Wildman–Crippen LogP) is 4.91. The Kier molecular flexibility index (Phi) is 5.14. The SMILES string of the molecule is CCc1nc2ccccc2n1C1CCN(c2nc(-c3ccncc3)nc(C)c2C)CC1. The second kappa shape index (κ2) is 8.10. The van der Waals surface area contributed by atoms with Crippen molar-refractivity contribution in [3.8, 4) is 11.4 Å². The maximum Gasteiger partial charge on any atom is 0.161 e. The summed E-state index contributed by atoms with van der Waals surface area (Å²) in [7, 11) is 0. The maximum absolute atomic E-state index is 4.97. The number of benzene rings is 1. The van der Waals surface area contributed by atoms with Crippen LogP contribution in [0.5, 0.6) is 0 Å². The molecule has 0 saturated carbocycles. The summed E-state index contributed by atoms with van der Waals surface area (Å²) >= 11 is 0. The Bertz CT molecular complexity index is 1210. The molecule has 1 aliphatic rings. The molecule has 1 fully saturated rings. The molecule has 0 atom stereocenters. The maximum atomic E-state index is 4.97. The van der Waals surface area contributed by atoms with E-state index in [1.807, 2.05) is 12.1 Å². The standard InChI is InChI=1S/C25H28N6/c1-4-23-28-21-7-5-6-8-22(21)31(23)20-11-15-30(16-12-20)25-17(2)18(3)27-24(29-25)19-9-13-26-14-10-19/h5-10,13-14,20H,4,11-12,15-16H2,1-3H3. The van der Waals surface area contributed by atoms with Gasteiger partial charge >= 0.3 is 0 Å².